The molecule has 0 spiro atoms. The zero-order valence-corrected chi connectivity index (χ0v) is 9.54. The Kier molecular flexibility index (Phi) is 4.33. The molecule has 1 aromatic heterocycles. The van der Waals surface area contributed by atoms with Crippen LogP contribution >= 0.6 is 0 Å². The van der Waals surface area contributed by atoms with E-state index < -0.39 is 12.0 Å². The predicted octanol–water partition coefficient (Wildman–Crippen LogP) is 1.72. The summed E-state index contributed by atoms with van der Waals surface area (Å²) in [6.07, 6.45) is 2.34. The van der Waals surface area contributed by atoms with Gasteiger partial charge in [0.15, 0.2) is 0 Å². The third-order valence-corrected chi connectivity index (χ3v) is 2.05. The van der Waals surface area contributed by atoms with Gasteiger partial charge in [0.1, 0.15) is 5.69 Å². The third-order valence-electron chi connectivity index (χ3n) is 2.05. The van der Waals surface area contributed by atoms with Gasteiger partial charge in [0, 0.05) is 12.2 Å². The van der Waals surface area contributed by atoms with Gasteiger partial charge in [0.25, 0.3) is 0 Å². The lowest BCUT2D eigenvalue weighted by Gasteiger charge is -2.05. The van der Waals surface area contributed by atoms with Gasteiger partial charge in [-0.05, 0) is 19.4 Å². The molecule has 0 aliphatic heterocycles. The molecule has 0 aliphatic rings. The lowest BCUT2D eigenvalue weighted by Crippen LogP contribution is -2.29. The largest absolute Gasteiger partial charge is 0.477 e. The van der Waals surface area contributed by atoms with Crippen molar-refractivity contribution >= 4 is 17.7 Å². The van der Waals surface area contributed by atoms with Crippen LogP contribution in [0.25, 0.3) is 0 Å². The highest BCUT2D eigenvalue weighted by Gasteiger charge is 2.14. The Balaban J connectivity index is 2.64. The van der Waals surface area contributed by atoms with Crippen molar-refractivity contribution in [1.82, 2.24) is 10.3 Å². The molecule has 0 fully saturated rings. The molecular formula is C11H15N3O3. The Morgan fingerprint density at radius 3 is 2.88 bits per heavy atom. The number of urea groups is 1. The number of carbonyl (C=O) groups excluding carboxylic acids is 1. The first-order valence-electron chi connectivity index (χ1n) is 5.13. The van der Waals surface area contributed by atoms with Crippen molar-refractivity contribution in [3.63, 3.8) is 0 Å². The molecule has 17 heavy (non-hydrogen) atoms. The van der Waals surface area contributed by atoms with Gasteiger partial charge in [0.05, 0.1) is 5.69 Å². The minimum Gasteiger partial charge on any atom is -0.477 e. The van der Waals surface area contributed by atoms with E-state index in [0.717, 1.165) is 0 Å². The number of carbonyl (C=O) groups is 2. The fourth-order valence-corrected chi connectivity index (χ4v) is 1.31. The SMILES string of the molecule is C=CCCNC(=O)Nc1cc(C)[nH]c1C(=O)O. The third kappa shape index (κ3) is 3.67. The summed E-state index contributed by atoms with van der Waals surface area (Å²) >= 11 is 0. The first-order chi connectivity index (χ1) is 8.04. The van der Waals surface area contributed by atoms with Gasteiger partial charge >= 0.3 is 12.0 Å². The number of carboxylic acids is 1. The number of aromatic nitrogens is 1. The Morgan fingerprint density at radius 1 is 1.59 bits per heavy atom. The van der Waals surface area contributed by atoms with Gasteiger partial charge in [-0.25, -0.2) is 9.59 Å². The summed E-state index contributed by atoms with van der Waals surface area (Å²) in [7, 11) is 0. The van der Waals surface area contributed by atoms with Gasteiger partial charge < -0.3 is 20.7 Å². The molecule has 0 aromatic carbocycles. The zero-order chi connectivity index (χ0) is 12.8. The second-order valence-corrected chi connectivity index (χ2v) is 3.50. The van der Waals surface area contributed by atoms with E-state index in [1.54, 1.807) is 19.1 Å². The molecule has 0 unspecified atom stereocenters. The summed E-state index contributed by atoms with van der Waals surface area (Å²) < 4.78 is 0. The number of H-pyrrole nitrogens is 1. The van der Waals surface area contributed by atoms with Crippen molar-refractivity contribution in [1.29, 1.82) is 0 Å². The average molecular weight is 237 g/mol. The Bertz CT molecular complexity index is 437. The quantitative estimate of drug-likeness (QED) is 0.464. The lowest BCUT2D eigenvalue weighted by atomic mass is 10.3. The van der Waals surface area contributed by atoms with E-state index in [4.69, 9.17) is 5.11 Å². The summed E-state index contributed by atoms with van der Waals surface area (Å²) in [5.74, 6) is -1.11. The van der Waals surface area contributed by atoms with Crippen molar-refractivity contribution in [3.05, 3.63) is 30.1 Å². The van der Waals surface area contributed by atoms with E-state index in [9.17, 15) is 9.59 Å². The fraction of sp³-hybridized carbons (Fsp3) is 0.273. The second-order valence-electron chi connectivity index (χ2n) is 3.50. The van der Waals surface area contributed by atoms with Crippen LogP contribution in [0.5, 0.6) is 0 Å². The number of anilines is 1. The van der Waals surface area contributed by atoms with Crippen LogP contribution in [0.4, 0.5) is 10.5 Å². The Morgan fingerprint density at radius 2 is 2.29 bits per heavy atom. The monoisotopic (exact) mass is 237 g/mol. The molecule has 2 amide bonds. The molecule has 0 saturated heterocycles. The molecule has 0 saturated carbocycles. The molecule has 0 atom stereocenters. The number of aromatic carboxylic acids is 1. The maximum Gasteiger partial charge on any atom is 0.354 e. The topological polar surface area (TPSA) is 94.2 Å². The molecule has 0 radical (unpaired) electrons. The zero-order valence-electron chi connectivity index (χ0n) is 9.54. The van der Waals surface area contributed by atoms with E-state index in [1.807, 2.05) is 0 Å². The van der Waals surface area contributed by atoms with Crippen molar-refractivity contribution in [2.24, 2.45) is 0 Å². The van der Waals surface area contributed by atoms with Gasteiger partial charge in [-0.15, -0.1) is 6.58 Å². The number of nitrogens with one attached hydrogen (secondary N) is 3. The van der Waals surface area contributed by atoms with Crippen LogP contribution in [0.3, 0.4) is 0 Å². The summed E-state index contributed by atoms with van der Waals surface area (Å²) in [5.41, 5.74) is 0.899. The fourth-order valence-electron chi connectivity index (χ4n) is 1.31. The van der Waals surface area contributed by atoms with Gasteiger partial charge in [-0.1, -0.05) is 6.08 Å². The van der Waals surface area contributed by atoms with Crippen molar-refractivity contribution < 1.29 is 14.7 Å². The predicted molar refractivity (Wildman–Crippen MR) is 64.3 cm³/mol. The number of aryl methyl sites for hydroxylation is 1. The number of aromatic amines is 1. The lowest BCUT2D eigenvalue weighted by molar-refractivity contribution is 0.0692. The number of hydrogen-bond donors (Lipinski definition) is 4. The van der Waals surface area contributed by atoms with Gasteiger partial charge in [0.2, 0.25) is 0 Å². The van der Waals surface area contributed by atoms with Crippen LogP contribution in [0.15, 0.2) is 18.7 Å². The van der Waals surface area contributed by atoms with Crippen LogP contribution in [-0.4, -0.2) is 28.6 Å². The standard InChI is InChI=1S/C11H15N3O3/c1-3-4-5-12-11(17)14-8-6-7(2)13-9(8)10(15)16/h3,6,13H,1,4-5H2,2H3,(H,15,16)(H2,12,14,17). The molecular weight excluding hydrogens is 222 g/mol. The summed E-state index contributed by atoms with van der Waals surface area (Å²) in [6.45, 7) is 5.70. The second kappa shape index (κ2) is 5.74. The summed E-state index contributed by atoms with van der Waals surface area (Å²) in [4.78, 5) is 24.9. The summed E-state index contributed by atoms with van der Waals surface area (Å²) in [6, 6.07) is 1.13. The highest BCUT2D eigenvalue weighted by atomic mass is 16.4. The minimum atomic E-state index is -1.11. The molecule has 1 rings (SSSR count). The number of rotatable bonds is 5. The number of hydrogen-bond acceptors (Lipinski definition) is 2. The molecule has 4 N–H and O–H groups in total. The first kappa shape index (κ1) is 12.8. The molecule has 1 heterocycles. The smallest absolute Gasteiger partial charge is 0.354 e. The maximum atomic E-state index is 11.4. The van der Waals surface area contributed by atoms with E-state index in [1.165, 1.54) is 0 Å². The molecule has 0 aliphatic carbocycles. The molecule has 92 valence electrons. The molecule has 0 bridgehead atoms. The normalized spacial score (nSPS) is 9.71. The van der Waals surface area contributed by atoms with Crippen LogP contribution in [-0.2, 0) is 0 Å². The maximum absolute atomic E-state index is 11.4. The highest BCUT2D eigenvalue weighted by Crippen LogP contribution is 2.16. The van der Waals surface area contributed by atoms with Gasteiger partial charge in [-0.2, -0.15) is 0 Å². The highest BCUT2D eigenvalue weighted by molar-refractivity contribution is 5.99. The van der Waals surface area contributed by atoms with E-state index in [0.29, 0.717) is 18.7 Å². The van der Waals surface area contributed by atoms with Crippen LogP contribution in [0.2, 0.25) is 0 Å². The van der Waals surface area contributed by atoms with E-state index in [2.05, 4.69) is 22.2 Å². The average Bonchev–Trinajstić information content (AvgIpc) is 2.60. The van der Waals surface area contributed by atoms with Crippen molar-refractivity contribution in [3.8, 4) is 0 Å². The Labute approximate surface area is 98.7 Å². The summed E-state index contributed by atoms with van der Waals surface area (Å²) in [5, 5.41) is 13.9. The van der Waals surface area contributed by atoms with E-state index >= 15 is 0 Å². The van der Waals surface area contributed by atoms with Crippen LogP contribution in [0, 0.1) is 6.92 Å². The van der Waals surface area contributed by atoms with Crippen LogP contribution < -0.4 is 10.6 Å². The Hall–Kier alpha value is -2.24. The van der Waals surface area contributed by atoms with Gasteiger partial charge in [-0.3, -0.25) is 0 Å². The number of amides is 2. The number of carboxylic acid groups (broad SMARTS) is 1. The molecule has 6 nitrogen and oxygen atoms in total. The minimum absolute atomic E-state index is 0.0265. The van der Waals surface area contributed by atoms with Crippen molar-refractivity contribution in [2.45, 2.75) is 13.3 Å². The first-order valence-corrected chi connectivity index (χ1v) is 5.13. The molecule has 1 aromatic rings. The van der Waals surface area contributed by atoms with Crippen LogP contribution in [0.1, 0.15) is 22.6 Å². The van der Waals surface area contributed by atoms with E-state index in [-0.39, 0.29) is 11.4 Å². The van der Waals surface area contributed by atoms with Crippen molar-refractivity contribution in [2.75, 3.05) is 11.9 Å². The molecule has 6 heteroatoms.